The predicted octanol–water partition coefficient (Wildman–Crippen LogP) is 5.21. The predicted molar refractivity (Wildman–Crippen MR) is 73.9 cm³/mol. The number of unbranched alkanes of at least 4 members (excludes halogenated alkanes) is 1. The molecular weight excluding hydrogens is 308 g/mol. The van der Waals surface area contributed by atoms with Crippen LogP contribution in [0.25, 0.3) is 11.0 Å². The van der Waals surface area contributed by atoms with Gasteiger partial charge in [-0.25, -0.2) is 9.37 Å². The van der Waals surface area contributed by atoms with Gasteiger partial charge >= 0.3 is 6.18 Å². The fourth-order valence-corrected chi connectivity index (χ4v) is 2.42. The number of benzene rings is 1. The summed E-state index contributed by atoms with van der Waals surface area (Å²) < 4.78 is 51.5. The summed E-state index contributed by atoms with van der Waals surface area (Å²) in [5.74, 6) is 0.136. The fraction of sp³-hybridized carbons (Fsp3) is 0.500. The van der Waals surface area contributed by atoms with E-state index >= 15 is 0 Å². The van der Waals surface area contributed by atoms with E-state index in [1.807, 2.05) is 0 Å². The van der Waals surface area contributed by atoms with E-state index in [2.05, 4.69) is 4.98 Å². The molecule has 2 aromatic rings. The Hall–Kier alpha value is -1.30. The Morgan fingerprint density at radius 2 is 2.00 bits per heavy atom. The Morgan fingerprint density at radius 1 is 1.29 bits per heavy atom. The van der Waals surface area contributed by atoms with Gasteiger partial charge in [0.2, 0.25) is 0 Å². The molecule has 0 bridgehead atoms. The van der Waals surface area contributed by atoms with E-state index in [1.165, 1.54) is 12.1 Å². The monoisotopic (exact) mass is 322 g/mol. The molecule has 0 saturated carbocycles. The Bertz CT molecular complexity index is 619. The molecule has 1 aromatic heterocycles. The lowest BCUT2D eigenvalue weighted by atomic mass is 10.2. The van der Waals surface area contributed by atoms with Gasteiger partial charge in [0.15, 0.2) is 0 Å². The quantitative estimate of drug-likeness (QED) is 0.420. The van der Waals surface area contributed by atoms with Crippen molar-refractivity contribution >= 4 is 22.6 Å². The highest BCUT2D eigenvalue weighted by atomic mass is 35.5. The van der Waals surface area contributed by atoms with E-state index in [-0.39, 0.29) is 6.42 Å². The number of rotatable bonds is 5. The van der Waals surface area contributed by atoms with Crippen molar-refractivity contribution in [1.29, 1.82) is 0 Å². The largest absolute Gasteiger partial charge is 0.389 e. The molecule has 1 heterocycles. The minimum absolute atomic E-state index is 0.0224. The molecule has 0 radical (unpaired) electrons. The highest BCUT2D eigenvalue weighted by Gasteiger charge is 2.26. The van der Waals surface area contributed by atoms with Gasteiger partial charge in [-0.15, -0.1) is 11.6 Å². The zero-order valence-corrected chi connectivity index (χ0v) is 12.2. The average Bonchev–Trinajstić information content (AvgIpc) is 2.72. The molecule has 0 amide bonds. The van der Waals surface area contributed by atoms with Crippen LogP contribution in [-0.4, -0.2) is 15.7 Å². The summed E-state index contributed by atoms with van der Waals surface area (Å²) in [6, 6.07) is 4.17. The number of nitrogens with zero attached hydrogens (tertiary/aromatic N) is 2. The first-order chi connectivity index (χ1) is 9.78. The molecule has 2 rings (SSSR count). The van der Waals surface area contributed by atoms with Crippen molar-refractivity contribution < 1.29 is 17.6 Å². The molecule has 21 heavy (non-hydrogen) atoms. The molecule has 1 unspecified atom stereocenters. The molecule has 0 aliphatic heterocycles. The maximum atomic E-state index is 13.3. The summed E-state index contributed by atoms with van der Waals surface area (Å²) >= 11 is 6.05. The van der Waals surface area contributed by atoms with Gasteiger partial charge in [0.05, 0.1) is 16.4 Å². The molecule has 1 aromatic carbocycles. The second kappa shape index (κ2) is 6.22. The van der Waals surface area contributed by atoms with Gasteiger partial charge in [-0.2, -0.15) is 13.2 Å². The Morgan fingerprint density at radius 3 is 2.62 bits per heavy atom. The molecule has 0 aliphatic carbocycles. The van der Waals surface area contributed by atoms with Crippen LogP contribution in [0.4, 0.5) is 17.6 Å². The number of alkyl halides is 4. The minimum Gasteiger partial charge on any atom is -0.327 e. The van der Waals surface area contributed by atoms with Crippen LogP contribution in [-0.2, 0) is 6.54 Å². The van der Waals surface area contributed by atoms with Gasteiger partial charge in [-0.05, 0) is 38.0 Å². The number of imidazole rings is 1. The standard InChI is InChI=1S/C14H15ClF4N2/c1-9(15)13-20-11-5-4-10(16)8-12(11)21(13)7-3-2-6-14(17,18)19/h4-5,8-9H,2-3,6-7H2,1H3. The van der Waals surface area contributed by atoms with Crippen molar-refractivity contribution in [2.24, 2.45) is 0 Å². The lowest BCUT2D eigenvalue weighted by molar-refractivity contribution is -0.135. The van der Waals surface area contributed by atoms with Gasteiger partial charge < -0.3 is 4.57 Å². The van der Waals surface area contributed by atoms with Gasteiger partial charge in [-0.1, -0.05) is 0 Å². The van der Waals surface area contributed by atoms with E-state index in [0.717, 1.165) is 0 Å². The Kier molecular flexibility index (Phi) is 4.76. The van der Waals surface area contributed by atoms with E-state index in [9.17, 15) is 17.6 Å². The van der Waals surface area contributed by atoms with Crippen molar-refractivity contribution in [2.75, 3.05) is 0 Å². The van der Waals surface area contributed by atoms with E-state index in [1.54, 1.807) is 17.6 Å². The second-order valence-electron chi connectivity index (χ2n) is 4.94. The summed E-state index contributed by atoms with van der Waals surface area (Å²) in [6.07, 6.45) is -4.61. The highest BCUT2D eigenvalue weighted by Crippen LogP contribution is 2.27. The summed E-state index contributed by atoms with van der Waals surface area (Å²) in [4.78, 5) is 4.32. The number of hydrogen-bond donors (Lipinski definition) is 0. The lowest BCUT2D eigenvalue weighted by Gasteiger charge is -2.11. The third-order valence-electron chi connectivity index (χ3n) is 3.19. The van der Waals surface area contributed by atoms with Gasteiger partial charge in [0.25, 0.3) is 0 Å². The molecule has 0 aliphatic rings. The molecule has 116 valence electrons. The summed E-state index contributed by atoms with van der Waals surface area (Å²) in [6.45, 7) is 2.06. The summed E-state index contributed by atoms with van der Waals surface area (Å²) in [5, 5.41) is -0.400. The van der Waals surface area contributed by atoms with Crippen LogP contribution in [0.2, 0.25) is 0 Å². The molecule has 2 nitrogen and oxygen atoms in total. The number of halogens is 5. The first-order valence-corrected chi connectivity index (χ1v) is 7.08. The molecule has 0 N–H and O–H groups in total. The van der Waals surface area contributed by atoms with Crippen LogP contribution in [0.1, 0.15) is 37.4 Å². The molecule has 1 atom stereocenters. The fourth-order valence-electron chi connectivity index (χ4n) is 2.25. The number of hydrogen-bond acceptors (Lipinski definition) is 1. The third kappa shape index (κ3) is 4.09. The summed E-state index contributed by atoms with van der Waals surface area (Å²) in [7, 11) is 0. The maximum Gasteiger partial charge on any atom is 0.389 e. The van der Waals surface area contributed by atoms with E-state index in [4.69, 9.17) is 11.6 Å². The van der Waals surface area contributed by atoms with Gasteiger partial charge in [0.1, 0.15) is 11.6 Å². The van der Waals surface area contributed by atoms with Crippen LogP contribution in [0.3, 0.4) is 0 Å². The van der Waals surface area contributed by atoms with Crippen molar-refractivity contribution in [2.45, 2.75) is 44.3 Å². The Balaban J connectivity index is 2.20. The zero-order chi connectivity index (χ0) is 15.6. The second-order valence-corrected chi connectivity index (χ2v) is 5.60. The zero-order valence-electron chi connectivity index (χ0n) is 11.4. The Labute approximate surface area is 124 Å². The minimum atomic E-state index is -4.15. The van der Waals surface area contributed by atoms with Crippen LogP contribution in [0.5, 0.6) is 0 Å². The topological polar surface area (TPSA) is 17.8 Å². The summed E-state index contributed by atoms with van der Waals surface area (Å²) in [5.41, 5.74) is 1.15. The first kappa shape index (κ1) is 16.1. The average molecular weight is 323 g/mol. The van der Waals surface area contributed by atoms with Crippen molar-refractivity contribution in [3.05, 3.63) is 29.8 Å². The van der Waals surface area contributed by atoms with Crippen LogP contribution in [0.15, 0.2) is 18.2 Å². The number of aryl methyl sites for hydroxylation is 1. The first-order valence-electron chi connectivity index (χ1n) is 6.64. The van der Waals surface area contributed by atoms with E-state index < -0.39 is 23.8 Å². The van der Waals surface area contributed by atoms with Crippen molar-refractivity contribution in [1.82, 2.24) is 9.55 Å². The normalized spacial score (nSPS) is 13.8. The van der Waals surface area contributed by atoms with Gasteiger partial charge in [0, 0.05) is 13.0 Å². The smallest absolute Gasteiger partial charge is 0.327 e. The molecule has 0 saturated heterocycles. The maximum absolute atomic E-state index is 13.3. The van der Waals surface area contributed by atoms with Crippen LogP contribution >= 0.6 is 11.6 Å². The molecule has 7 heteroatoms. The number of fused-ring (bicyclic) bond motifs is 1. The lowest BCUT2D eigenvalue weighted by Crippen LogP contribution is -2.09. The molecular formula is C14H15ClF4N2. The molecule has 0 fully saturated rings. The highest BCUT2D eigenvalue weighted by molar-refractivity contribution is 6.20. The van der Waals surface area contributed by atoms with Crippen molar-refractivity contribution in [3.63, 3.8) is 0 Å². The molecule has 0 spiro atoms. The third-order valence-corrected chi connectivity index (χ3v) is 3.38. The van der Waals surface area contributed by atoms with Gasteiger partial charge in [-0.3, -0.25) is 0 Å². The SMILES string of the molecule is CC(Cl)c1nc2ccc(F)cc2n1CCCCC(F)(F)F. The van der Waals surface area contributed by atoms with Crippen molar-refractivity contribution in [3.8, 4) is 0 Å². The number of aromatic nitrogens is 2. The van der Waals surface area contributed by atoms with Crippen LogP contribution in [0, 0.1) is 5.82 Å². The van der Waals surface area contributed by atoms with Crippen LogP contribution < -0.4 is 0 Å². The van der Waals surface area contributed by atoms with E-state index in [0.29, 0.717) is 29.8 Å².